The quantitative estimate of drug-likeness (QED) is 0.159. The number of anilines is 3. The normalized spacial score (nSPS) is 13.0. The van der Waals surface area contributed by atoms with E-state index < -0.39 is 0 Å². The van der Waals surface area contributed by atoms with Crippen LogP contribution in [0.5, 0.6) is 0 Å². The van der Waals surface area contributed by atoms with E-state index in [9.17, 15) is 0 Å². The van der Waals surface area contributed by atoms with Gasteiger partial charge in [-0.25, -0.2) is 0 Å². The lowest BCUT2D eigenvalue weighted by atomic mass is 9.80. The van der Waals surface area contributed by atoms with Crippen LogP contribution in [0.25, 0.3) is 65.7 Å². The molecule has 0 unspecified atom stereocenters. The van der Waals surface area contributed by atoms with E-state index in [1.165, 1.54) is 76.8 Å². The van der Waals surface area contributed by atoms with Crippen LogP contribution in [0.2, 0.25) is 10.0 Å². The van der Waals surface area contributed by atoms with Crippen molar-refractivity contribution in [2.45, 2.75) is 19.3 Å². The molecule has 0 saturated carbocycles. The van der Waals surface area contributed by atoms with E-state index in [0.29, 0.717) is 10.0 Å². The van der Waals surface area contributed by atoms with Gasteiger partial charge in [-0.1, -0.05) is 140 Å². The van der Waals surface area contributed by atoms with Gasteiger partial charge in [0, 0.05) is 32.5 Å². The van der Waals surface area contributed by atoms with E-state index in [-0.39, 0.29) is 5.41 Å². The number of fused-ring (bicyclic) bond motifs is 6. The Morgan fingerprint density at radius 2 is 0.815 bits per heavy atom. The Morgan fingerprint density at radius 1 is 0.389 bits per heavy atom. The van der Waals surface area contributed by atoms with Gasteiger partial charge >= 0.3 is 0 Å². The number of hydrogen-bond donors (Lipinski definition) is 0. The summed E-state index contributed by atoms with van der Waals surface area (Å²) in [7, 11) is 0. The van der Waals surface area contributed by atoms with E-state index in [1.807, 2.05) is 24.3 Å². The largest absolute Gasteiger partial charge is 0.310 e. The van der Waals surface area contributed by atoms with E-state index in [2.05, 4.69) is 170 Å². The molecule has 258 valence electrons. The third-order valence-corrected chi connectivity index (χ3v) is 11.8. The molecule has 1 aliphatic rings. The molecule has 1 nitrogen and oxygen atoms in total. The first-order valence-electron chi connectivity index (χ1n) is 18.4. The van der Waals surface area contributed by atoms with Gasteiger partial charge in [0.05, 0.1) is 0 Å². The standard InChI is InChI=1S/C51H35Cl2N/c1-51(2)47-30-35(17-27-41(47)42-28-26-40(31-48(42)51)54(38-22-18-36(52)19-23-38)39-24-20-37(53)21-25-39)50-45-13-7-5-11-43(45)49(44-12-6-8-14-46(44)50)34-16-15-32-9-3-4-10-33(32)29-34/h3-31H,1-2H3. The van der Waals surface area contributed by atoms with Crippen molar-refractivity contribution in [3.05, 3.63) is 197 Å². The summed E-state index contributed by atoms with van der Waals surface area (Å²) in [5.74, 6) is 0. The fourth-order valence-electron chi connectivity index (χ4n) is 8.74. The van der Waals surface area contributed by atoms with Gasteiger partial charge in [0.2, 0.25) is 0 Å². The van der Waals surface area contributed by atoms with Crippen molar-refractivity contribution in [1.29, 1.82) is 0 Å². The molecule has 54 heavy (non-hydrogen) atoms. The van der Waals surface area contributed by atoms with E-state index >= 15 is 0 Å². The molecule has 10 rings (SSSR count). The minimum absolute atomic E-state index is 0.237. The summed E-state index contributed by atoms with van der Waals surface area (Å²) < 4.78 is 0. The zero-order chi connectivity index (χ0) is 36.6. The Bertz CT molecular complexity index is 2820. The third-order valence-electron chi connectivity index (χ3n) is 11.3. The average Bonchev–Trinajstić information content (AvgIpc) is 3.43. The Kier molecular flexibility index (Phi) is 7.66. The van der Waals surface area contributed by atoms with Crippen molar-refractivity contribution < 1.29 is 0 Å². The number of hydrogen-bond acceptors (Lipinski definition) is 1. The summed E-state index contributed by atoms with van der Waals surface area (Å²) in [6, 6.07) is 63.4. The molecule has 0 aromatic heterocycles. The van der Waals surface area contributed by atoms with Crippen molar-refractivity contribution in [2.75, 3.05) is 4.90 Å². The van der Waals surface area contributed by atoms with Crippen LogP contribution in [-0.4, -0.2) is 0 Å². The predicted molar refractivity (Wildman–Crippen MR) is 232 cm³/mol. The van der Waals surface area contributed by atoms with Crippen molar-refractivity contribution in [1.82, 2.24) is 0 Å². The SMILES string of the molecule is CC1(C)c2cc(-c3c4ccccc4c(-c4ccc5ccccc5c4)c4ccccc34)ccc2-c2ccc(N(c3ccc(Cl)cc3)c3ccc(Cl)cc3)cc21. The van der Waals surface area contributed by atoms with Crippen molar-refractivity contribution in [3.63, 3.8) is 0 Å². The molecule has 0 aliphatic heterocycles. The van der Waals surface area contributed by atoms with E-state index in [1.54, 1.807) is 0 Å². The number of rotatable bonds is 5. The van der Waals surface area contributed by atoms with Crippen LogP contribution in [-0.2, 0) is 5.41 Å². The Morgan fingerprint density at radius 3 is 1.37 bits per heavy atom. The second-order valence-corrected chi connectivity index (χ2v) is 15.7. The minimum atomic E-state index is -0.237. The van der Waals surface area contributed by atoms with E-state index in [4.69, 9.17) is 23.2 Å². The number of benzene rings is 9. The topological polar surface area (TPSA) is 3.24 Å². The molecule has 1 aliphatic carbocycles. The molecule has 0 spiro atoms. The summed E-state index contributed by atoms with van der Waals surface area (Å²) in [4.78, 5) is 2.27. The molecule has 0 fully saturated rings. The third kappa shape index (κ3) is 5.22. The average molecular weight is 733 g/mol. The second-order valence-electron chi connectivity index (χ2n) is 14.8. The molecule has 0 amide bonds. The molecule has 0 heterocycles. The molecular weight excluding hydrogens is 697 g/mol. The lowest BCUT2D eigenvalue weighted by Gasteiger charge is -2.28. The second kappa shape index (κ2) is 12.6. The molecule has 0 N–H and O–H groups in total. The molecule has 9 aromatic carbocycles. The van der Waals surface area contributed by atoms with Crippen molar-refractivity contribution in [2.24, 2.45) is 0 Å². The molecule has 0 saturated heterocycles. The fraction of sp³-hybridized carbons (Fsp3) is 0.0588. The predicted octanol–water partition coefficient (Wildman–Crippen LogP) is 15.6. The summed E-state index contributed by atoms with van der Waals surface area (Å²) in [6.07, 6.45) is 0. The van der Waals surface area contributed by atoms with Crippen molar-refractivity contribution >= 4 is 72.6 Å². The van der Waals surface area contributed by atoms with Crippen LogP contribution in [0.15, 0.2) is 176 Å². The van der Waals surface area contributed by atoms with Gasteiger partial charge in [0.15, 0.2) is 0 Å². The van der Waals surface area contributed by atoms with Crippen LogP contribution in [0.1, 0.15) is 25.0 Å². The lowest BCUT2D eigenvalue weighted by molar-refractivity contribution is 0.660. The van der Waals surface area contributed by atoms with Crippen molar-refractivity contribution in [3.8, 4) is 33.4 Å². The maximum absolute atomic E-state index is 6.34. The number of halogens is 2. The van der Waals surface area contributed by atoms with Gasteiger partial charge in [0.1, 0.15) is 0 Å². The first kappa shape index (κ1) is 32.8. The highest BCUT2D eigenvalue weighted by atomic mass is 35.5. The highest BCUT2D eigenvalue weighted by Gasteiger charge is 2.36. The van der Waals surface area contributed by atoms with Gasteiger partial charge in [-0.3, -0.25) is 0 Å². The summed E-state index contributed by atoms with van der Waals surface area (Å²) in [5, 5.41) is 8.97. The van der Waals surface area contributed by atoms with Crippen LogP contribution in [0, 0.1) is 0 Å². The van der Waals surface area contributed by atoms with Gasteiger partial charge in [-0.2, -0.15) is 0 Å². The van der Waals surface area contributed by atoms with Gasteiger partial charge in [-0.05, 0) is 150 Å². The Balaban J connectivity index is 1.13. The maximum Gasteiger partial charge on any atom is 0.0465 e. The van der Waals surface area contributed by atoms with Crippen LogP contribution in [0.3, 0.4) is 0 Å². The van der Waals surface area contributed by atoms with Crippen LogP contribution >= 0.6 is 23.2 Å². The summed E-state index contributed by atoms with van der Waals surface area (Å²) in [6.45, 7) is 4.72. The summed E-state index contributed by atoms with van der Waals surface area (Å²) in [5.41, 5.74) is 13.1. The minimum Gasteiger partial charge on any atom is -0.310 e. The Hall–Kier alpha value is -5.86. The zero-order valence-electron chi connectivity index (χ0n) is 29.9. The summed E-state index contributed by atoms with van der Waals surface area (Å²) >= 11 is 12.7. The smallest absolute Gasteiger partial charge is 0.0465 e. The van der Waals surface area contributed by atoms with Crippen LogP contribution in [0.4, 0.5) is 17.1 Å². The fourth-order valence-corrected chi connectivity index (χ4v) is 8.99. The van der Waals surface area contributed by atoms with Gasteiger partial charge in [0.25, 0.3) is 0 Å². The number of nitrogens with zero attached hydrogens (tertiary/aromatic N) is 1. The zero-order valence-corrected chi connectivity index (χ0v) is 31.5. The monoisotopic (exact) mass is 731 g/mol. The highest BCUT2D eigenvalue weighted by Crippen LogP contribution is 2.53. The Labute approximate surface area is 325 Å². The molecule has 0 atom stereocenters. The van der Waals surface area contributed by atoms with Gasteiger partial charge < -0.3 is 4.90 Å². The first-order valence-corrected chi connectivity index (χ1v) is 19.1. The molecule has 0 radical (unpaired) electrons. The lowest BCUT2D eigenvalue weighted by Crippen LogP contribution is -2.16. The highest BCUT2D eigenvalue weighted by molar-refractivity contribution is 6.31. The molecule has 9 aromatic rings. The van der Waals surface area contributed by atoms with Crippen LogP contribution < -0.4 is 4.90 Å². The molecular formula is C51H35Cl2N. The van der Waals surface area contributed by atoms with Gasteiger partial charge in [-0.15, -0.1) is 0 Å². The van der Waals surface area contributed by atoms with E-state index in [0.717, 1.165) is 17.1 Å². The first-order chi connectivity index (χ1) is 26.3. The molecule has 3 heteroatoms. The maximum atomic E-state index is 6.34. The molecule has 0 bridgehead atoms.